The van der Waals surface area contributed by atoms with E-state index in [0.717, 1.165) is 33.1 Å². The van der Waals surface area contributed by atoms with Crippen LogP contribution in [0.3, 0.4) is 0 Å². The van der Waals surface area contributed by atoms with E-state index < -0.39 is 0 Å². The Morgan fingerprint density at radius 3 is 2.62 bits per heavy atom. The molecule has 0 spiro atoms. The summed E-state index contributed by atoms with van der Waals surface area (Å²) in [6.07, 6.45) is 0. The van der Waals surface area contributed by atoms with E-state index in [1.165, 1.54) is 6.07 Å². The first kappa shape index (κ1) is 22.2. The fourth-order valence-electron chi connectivity index (χ4n) is 3.98. The van der Waals surface area contributed by atoms with Crippen molar-refractivity contribution in [3.63, 3.8) is 0 Å². The average molecular weight is 493 g/mol. The van der Waals surface area contributed by atoms with Gasteiger partial charge in [-0.1, -0.05) is 23.4 Å². The molecule has 1 aliphatic rings. The highest BCUT2D eigenvalue weighted by Crippen LogP contribution is 2.40. The number of aromatic nitrogens is 2. The normalized spacial score (nSPS) is 16.1. The van der Waals surface area contributed by atoms with Crippen molar-refractivity contribution in [3.05, 3.63) is 88.5 Å². The molecule has 34 heavy (non-hydrogen) atoms. The van der Waals surface area contributed by atoms with Crippen LogP contribution in [0.1, 0.15) is 30.0 Å². The number of anilines is 1. The van der Waals surface area contributed by atoms with Gasteiger partial charge in [-0.05, 0) is 79.0 Å². The molecule has 0 saturated carbocycles. The predicted molar refractivity (Wildman–Crippen MR) is 135 cm³/mol. The van der Waals surface area contributed by atoms with Gasteiger partial charge in [0, 0.05) is 11.4 Å². The Labute approximate surface area is 205 Å². The number of ether oxygens (including phenoxy) is 1. The van der Waals surface area contributed by atoms with Crippen LogP contribution in [0.2, 0.25) is 0 Å². The second-order valence-electron chi connectivity index (χ2n) is 7.82. The Hall–Kier alpha value is -3.56. The third kappa shape index (κ3) is 3.97. The molecule has 1 atom stereocenters. The SMILES string of the molecule is COc1ccc(C2NC(=S)N(c3ccc(F)c(C)c3)C(C)=C2c2nc(-c3cccs3)no2)cc1. The molecule has 0 amide bonds. The zero-order valence-electron chi connectivity index (χ0n) is 18.7. The molecule has 4 aromatic rings. The lowest BCUT2D eigenvalue weighted by molar-refractivity contribution is 0.404. The van der Waals surface area contributed by atoms with Crippen LogP contribution in [0.25, 0.3) is 16.3 Å². The average Bonchev–Trinajstić information content (AvgIpc) is 3.53. The van der Waals surface area contributed by atoms with Crippen molar-refractivity contribution in [1.29, 1.82) is 0 Å². The van der Waals surface area contributed by atoms with Gasteiger partial charge in [-0.25, -0.2) is 4.39 Å². The highest BCUT2D eigenvalue weighted by atomic mass is 32.1. The lowest BCUT2D eigenvalue weighted by atomic mass is 9.94. The van der Waals surface area contributed by atoms with Crippen molar-refractivity contribution in [2.24, 2.45) is 0 Å². The Bertz CT molecular complexity index is 1380. The standard InChI is InChI=1S/C25H21FN4O2S2/c1-14-13-17(8-11-19(14)26)30-15(2)21(24-28-23(29-32-24)20-5-4-12-34-20)22(27-25(30)33)16-6-9-18(31-3)10-7-16/h4-13,22H,1-3H3,(H,27,33). The van der Waals surface area contributed by atoms with E-state index in [4.69, 9.17) is 26.5 Å². The Balaban J connectivity index is 1.65. The summed E-state index contributed by atoms with van der Waals surface area (Å²) in [6, 6.07) is 16.2. The van der Waals surface area contributed by atoms with Crippen molar-refractivity contribution < 1.29 is 13.7 Å². The van der Waals surface area contributed by atoms with Gasteiger partial charge < -0.3 is 14.6 Å². The second kappa shape index (κ2) is 9.00. The molecular formula is C25H21FN4O2S2. The predicted octanol–water partition coefficient (Wildman–Crippen LogP) is 6.12. The minimum Gasteiger partial charge on any atom is -0.497 e. The van der Waals surface area contributed by atoms with Crippen LogP contribution in [-0.4, -0.2) is 22.4 Å². The summed E-state index contributed by atoms with van der Waals surface area (Å²) in [5.41, 5.74) is 3.85. The molecule has 0 aliphatic carbocycles. The Morgan fingerprint density at radius 2 is 1.94 bits per heavy atom. The number of allylic oxidation sites excluding steroid dienone is 1. The van der Waals surface area contributed by atoms with Crippen molar-refractivity contribution >= 4 is 39.9 Å². The minimum absolute atomic E-state index is 0.268. The van der Waals surface area contributed by atoms with Crippen molar-refractivity contribution in [1.82, 2.24) is 15.5 Å². The number of hydrogen-bond acceptors (Lipinski definition) is 6. The number of aryl methyl sites for hydroxylation is 1. The number of hydrogen-bond donors (Lipinski definition) is 1. The minimum atomic E-state index is -0.326. The van der Waals surface area contributed by atoms with Crippen LogP contribution in [0.4, 0.5) is 10.1 Å². The number of thiocarbonyl (C=S) groups is 1. The summed E-state index contributed by atoms with van der Waals surface area (Å²) in [6.45, 7) is 3.68. The van der Waals surface area contributed by atoms with Gasteiger partial charge in [0.15, 0.2) is 5.11 Å². The summed E-state index contributed by atoms with van der Waals surface area (Å²) in [5, 5.41) is 10.1. The maximum atomic E-state index is 14.0. The summed E-state index contributed by atoms with van der Waals surface area (Å²) >= 11 is 7.30. The van der Waals surface area contributed by atoms with Crippen molar-refractivity contribution in [3.8, 4) is 16.5 Å². The fraction of sp³-hybridized carbons (Fsp3) is 0.160. The number of halogens is 1. The first-order valence-electron chi connectivity index (χ1n) is 10.6. The topological polar surface area (TPSA) is 63.4 Å². The molecule has 0 radical (unpaired) electrons. The molecule has 3 heterocycles. The van der Waals surface area contributed by atoms with Gasteiger partial charge >= 0.3 is 0 Å². The van der Waals surface area contributed by atoms with E-state index in [1.807, 2.05) is 53.6 Å². The van der Waals surface area contributed by atoms with Crippen molar-refractivity contribution in [2.75, 3.05) is 12.0 Å². The lowest BCUT2D eigenvalue weighted by Gasteiger charge is -2.37. The summed E-state index contributed by atoms with van der Waals surface area (Å²) in [4.78, 5) is 7.48. The number of rotatable bonds is 5. The van der Waals surface area contributed by atoms with E-state index in [9.17, 15) is 4.39 Å². The summed E-state index contributed by atoms with van der Waals surface area (Å²) in [7, 11) is 1.63. The lowest BCUT2D eigenvalue weighted by Crippen LogP contribution is -2.46. The Morgan fingerprint density at radius 1 is 1.15 bits per heavy atom. The van der Waals surface area contributed by atoms with E-state index >= 15 is 0 Å². The molecular weight excluding hydrogens is 471 g/mol. The van der Waals surface area contributed by atoms with Crippen LogP contribution in [0.5, 0.6) is 5.75 Å². The molecule has 6 nitrogen and oxygen atoms in total. The van der Waals surface area contributed by atoms with Crippen LogP contribution in [0, 0.1) is 12.7 Å². The molecule has 2 aromatic heterocycles. The third-order valence-corrected chi connectivity index (χ3v) is 6.90. The van der Waals surface area contributed by atoms with Gasteiger partial charge in [0.25, 0.3) is 5.89 Å². The largest absolute Gasteiger partial charge is 0.497 e. The van der Waals surface area contributed by atoms with Gasteiger partial charge in [0.1, 0.15) is 11.6 Å². The highest BCUT2D eigenvalue weighted by Gasteiger charge is 2.35. The van der Waals surface area contributed by atoms with Crippen LogP contribution in [-0.2, 0) is 0 Å². The molecule has 5 rings (SSSR count). The molecule has 1 unspecified atom stereocenters. The zero-order chi connectivity index (χ0) is 23.8. The van der Waals surface area contributed by atoms with Crippen molar-refractivity contribution in [2.45, 2.75) is 19.9 Å². The second-order valence-corrected chi connectivity index (χ2v) is 9.16. The smallest absolute Gasteiger partial charge is 0.258 e. The first-order chi connectivity index (χ1) is 16.5. The van der Waals surface area contributed by atoms with Crippen LogP contribution < -0.4 is 15.0 Å². The maximum absolute atomic E-state index is 14.0. The van der Waals surface area contributed by atoms with Gasteiger partial charge in [0.05, 0.1) is 23.6 Å². The molecule has 0 fully saturated rings. The Kier molecular flexibility index (Phi) is 5.89. The van der Waals surface area contributed by atoms with Gasteiger partial charge in [-0.2, -0.15) is 4.98 Å². The maximum Gasteiger partial charge on any atom is 0.258 e. The molecule has 1 aliphatic heterocycles. The quantitative estimate of drug-likeness (QED) is 0.337. The number of nitrogens with one attached hydrogen (secondary N) is 1. The molecule has 0 bridgehead atoms. The third-order valence-electron chi connectivity index (χ3n) is 5.73. The number of thiophene rings is 1. The van der Waals surface area contributed by atoms with Gasteiger partial charge in [-0.15, -0.1) is 11.3 Å². The molecule has 1 N–H and O–H groups in total. The fourth-order valence-corrected chi connectivity index (χ4v) is 4.99. The summed E-state index contributed by atoms with van der Waals surface area (Å²) < 4.78 is 25.0. The van der Waals surface area contributed by atoms with Crippen LogP contribution in [0.15, 0.2) is 70.2 Å². The van der Waals surface area contributed by atoms with E-state index in [2.05, 4.69) is 10.5 Å². The number of benzene rings is 2. The first-order valence-corrected chi connectivity index (χ1v) is 11.8. The summed E-state index contributed by atoms with van der Waals surface area (Å²) in [5.74, 6) is 1.40. The zero-order valence-corrected chi connectivity index (χ0v) is 20.3. The monoisotopic (exact) mass is 492 g/mol. The van der Waals surface area contributed by atoms with Gasteiger partial charge in [-0.3, -0.25) is 4.90 Å². The van der Waals surface area contributed by atoms with E-state index in [0.29, 0.717) is 22.4 Å². The van der Waals surface area contributed by atoms with E-state index in [1.54, 1.807) is 37.5 Å². The number of nitrogens with zero attached hydrogens (tertiary/aromatic N) is 3. The van der Waals surface area contributed by atoms with E-state index in [-0.39, 0.29) is 11.9 Å². The molecule has 0 saturated heterocycles. The van der Waals surface area contributed by atoms with Gasteiger partial charge in [0.2, 0.25) is 5.82 Å². The number of methoxy groups -OCH3 is 1. The highest BCUT2D eigenvalue weighted by molar-refractivity contribution is 7.80. The van der Waals surface area contributed by atoms with Crippen LogP contribution >= 0.6 is 23.6 Å². The molecule has 2 aromatic carbocycles. The molecule has 9 heteroatoms. The molecule has 172 valence electrons.